The van der Waals surface area contributed by atoms with Crippen LogP contribution in [0, 0.1) is 0 Å². The van der Waals surface area contributed by atoms with Crippen LogP contribution in [-0.4, -0.2) is 16.2 Å². The smallest absolute Gasteiger partial charge is 0.190 e. The number of nitrogens with zero attached hydrogens (tertiary/aromatic N) is 2. The van der Waals surface area contributed by atoms with Crippen molar-refractivity contribution in [1.29, 1.82) is 0 Å². The van der Waals surface area contributed by atoms with Crippen molar-refractivity contribution in [2.45, 2.75) is 5.16 Å². The molecule has 62 valence electrons. The number of thioether (sulfide) groups is 1. The minimum atomic E-state index is 0.547. The highest BCUT2D eigenvalue weighted by molar-refractivity contribution is 7.98. The van der Waals surface area contributed by atoms with Crippen molar-refractivity contribution in [3.63, 3.8) is 0 Å². The standard InChI is InChI=1S/C7H5ClN2S2/c1-11-7-9-5(8)4-2-3-12-6(4)10-7/h2-3H,1H3. The summed E-state index contributed by atoms with van der Waals surface area (Å²) in [5.74, 6) is 0. The van der Waals surface area contributed by atoms with Gasteiger partial charge in [-0.3, -0.25) is 0 Å². The SMILES string of the molecule is CSc1nc(Cl)c2ccsc2n1. The van der Waals surface area contributed by atoms with E-state index in [9.17, 15) is 0 Å². The third kappa shape index (κ3) is 1.30. The highest BCUT2D eigenvalue weighted by Gasteiger charge is 2.05. The van der Waals surface area contributed by atoms with Crippen LogP contribution in [0.1, 0.15) is 0 Å². The molecule has 0 aromatic carbocycles. The van der Waals surface area contributed by atoms with E-state index in [-0.39, 0.29) is 0 Å². The van der Waals surface area contributed by atoms with E-state index in [2.05, 4.69) is 9.97 Å². The maximum absolute atomic E-state index is 5.92. The minimum absolute atomic E-state index is 0.547. The summed E-state index contributed by atoms with van der Waals surface area (Å²) < 4.78 is 0. The second-order valence-electron chi connectivity index (χ2n) is 2.14. The van der Waals surface area contributed by atoms with Gasteiger partial charge in [0.15, 0.2) is 5.16 Å². The number of hydrogen-bond donors (Lipinski definition) is 0. The monoisotopic (exact) mass is 216 g/mol. The van der Waals surface area contributed by atoms with Crippen LogP contribution >= 0.6 is 34.7 Å². The first-order valence-electron chi connectivity index (χ1n) is 3.26. The van der Waals surface area contributed by atoms with Crippen molar-refractivity contribution in [2.75, 3.05) is 6.26 Å². The molecule has 0 amide bonds. The summed E-state index contributed by atoms with van der Waals surface area (Å²) in [6.07, 6.45) is 1.94. The van der Waals surface area contributed by atoms with Crippen molar-refractivity contribution in [3.8, 4) is 0 Å². The Balaban J connectivity index is 2.75. The normalized spacial score (nSPS) is 10.8. The number of hydrogen-bond acceptors (Lipinski definition) is 4. The van der Waals surface area contributed by atoms with Crippen LogP contribution in [0.5, 0.6) is 0 Å². The molecule has 0 N–H and O–H groups in total. The van der Waals surface area contributed by atoms with Crippen molar-refractivity contribution < 1.29 is 0 Å². The quantitative estimate of drug-likeness (QED) is 0.416. The molecule has 2 heterocycles. The lowest BCUT2D eigenvalue weighted by molar-refractivity contribution is 1.01. The Bertz CT molecular complexity index is 413. The van der Waals surface area contributed by atoms with E-state index in [0.29, 0.717) is 5.15 Å². The van der Waals surface area contributed by atoms with Crippen molar-refractivity contribution in [3.05, 3.63) is 16.6 Å². The highest BCUT2D eigenvalue weighted by atomic mass is 35.5. The Labute approximate surface area is 83.0 Å². The predicted octanol–water partition coefficient (Wildman–Crippen LogP) is 3.07. The molecular weight excluding hydrogens is 212 g/mol. The molecule has 2 nitrogen and oxygen atoms in total. The maximum Gasteiger partial charge on any atom is 0.190 e. The van der Waals surface area contributed by atoms with Gasteiger partial charge in [0.1, 0.15) is 9.98 Å². The molecule has 0 fully saturated rings. The summed E-state index contributed by atoms with van der Waals surface area (Å²) in [5, 5.41) is 4.19. The van der Waals surface area contributed by atoms with Gasteiger partial charge in [0.25, 0.3) is 0 Å². The summed E-state index contributed by atoms with van der Waals surface area (Å²) in [4.78, 5) is 9.37. The van der Waals surface area contributed by atoms with Crippen LogP contribution in [0.4, 0.5) is 0 Å². The van der Waals surface area contributed by atoms with Crippen LogP contribution in [0.2, 0.25) is 5.15 Å². The molecule has 2 rings (SSSR count). The molecule has 0 atom stereocenters. The van der Waals surface area contributed by atoms with Gasteiger partial charge in [0.2, 0.25) is 0 Å². The summed E-state index contributed by atoms with van der Waals surface area (Å²) in [6.45, 7) is 0. The highest BCUT2D eigenvalue weighted by Crippen LogP contribution is 2.26. The maximum atomic E-state index is 5.92. The Morgan fingerprint density at radius 3 is 3.08 bits per heavy atom. The minimum Gasteiger partial charge on any atom is -0.211 e. The van der Waals surface area contributed by atoms with Crippen molar-refractivity contribution in [2.24, 2.45) is 0 Å². The van der Waals surface area contributed by atoms with Crippen LogP contribution < -0.4 is 0 Å². The average molecular weight is 217 g/mol. The number of thiophene rings is 1. The van der Waals surface area contributed by atoms with Crippen molar-refractivity contribution >= 4 is 44.9 Å². The second-order valence-corrected chi connectivity index (χ2v) is 4.17. The van der Waals surface area contributed by atoms with E-state index in [1.807, 2.05) is 17.7 Å². The molecule has 0 aliphatic heterocycles. The molecule has 2 aromatic heterocycles. The van der Waals surface area contributed by atoms with Gasteiger partial charge >= 0.3 is 0 Å². The fourth-order valence-corrected chi connectivity index (χ4v) is 2.42. The molecule has 2 aromatic rings. The lowest BCUT2D eigenvalue weighted by Crippen LogP contribution is -1.85. The third-order valence-corrected chi connectivity index (χ3v) is 3.08. The first-order chi connectivity index (χ1) is 5.81. The van der Waals surface area contributed by atoms with Gasteiger partial charge in [-0.05, 0) is 17.7 Å². The molecule has 12 heavy (non-hydrogen) atoms. The van der Waals surface area contributed by atoms with E-state index in [1.54, 1.807) is 11.3 Å². The number of aromatic nitrogens is 2. The zero-order valence-corrected chi connectivity index (χ0v) is 8.63. The molecule has 0 aliphatic rings. The fraction of sp³-hybridized carbons (Fsp3) is 0.143. The number of rotatable bonds is 1. The fourth-order valence-electron chi connectivity index (χ4n) is 0.892. The molecule has 0 aliphatic carbocycles. The molecule has 0 spiro atoms. The molecule has 0 bridgehead atoms. The summed E-state index contributed by atoms with van der Waals surface area (Å²) >= 11 is 9.01. The Hall–Kier alpha value is -0.320. The van der Waals surface area contributed by atoms with Crippen molar-refractivity contribution in [1.82, 2.24) is 9.97 Å². The Morgan fingerprint density at radius 2 is 2.33 bits per heavy atom. The van der Waals surface area contributed by atoms with Crippen LogP contribution in [0.15, 0.2) is 16.6 Å². The Morgan fingerprint density at radius 1 is 1.50 bits per heavy atom. The topological polar surface area (TPSA) is 25.8 Å². The van der Waals surface area contributed by atoms with Crippen LogP contribution in [0.25, 0.3) is 10.2 Å². The zero-order chi connectivity index (χ0) is 8.55. The average Bonchev–Trinajstić information content (AvgIpc) is 2.52. The molecule has 0 saturated heterocycles. The van der Waals surface area contributed by atoms with E-state index in [0.717, 1.165) is 15.4 Å². The molecule has 5 heteroatoms. The predicted molar refractivity (Wildman–Crippen MR) is 54.2 cm³/mol. The lowest BCUT2D eigenvalue weighted by atomic mass is 10.4. The van der Waals surface area contributed by atoms with Gasteiger partial charge in [-0.1, -0.05) is 23.4 Å². The molecule has 0 radical (unpaired) electrons. The van der Waals surface area contributed by atoms with E-state index >= 15 is 0 Å². The molecule has 0 saturated carbocycles. The third-order valence-electron chi connectivity index (χ3n) is 1.44. The van der Waals surface area contributed by atoms with Gasteiger partial charge in [-0.25, -0.2) is 9.97 Å². The van der Waals surface area contributed by atoms with Gasteiger partial charge in [0.05, 0.1) is 0 Å². The van der Waals surface area contributed by atoms with E-state index in [1.165, 1.54) is 11.8 Å². The molecular formula is C7H5ClN2S2. The van der Waals surface area contributed by atoms with Gasteiger partial charge in [0, 0.05) is 5.39 Å². The summed E-state index contributed by atoms with van der Waals surface area (Å²) in [5.41, 5.74) is 0. The number of fused-ring (bicyclic) bond motifs is 1. The first kappa shape index (κ1) is 8.29. The zero-order valence-electron chi connectivity index (χ0n) is 6.24. The summed E-state index contributed by atoms with van der Waals surface area (Å²) in [7, 11) is 0. The first-order valence-corrected chi connectivity index (χ1v) is 5.74. The second kappa shape index (κ2) is 3.20. The molecule has 0 unspecified atom stereocenters. The van der Waals surface area contributed by atoms with Gasteiger partial charge < -0.3 is 0 Å². The van der Waals surface area contributed by atoms with Gasteiger partial charge in [-0.15, -0.1) is 11.3 Å². The number of halogens is 1. The van der Waals surface area contributed by atoms with E-state index < -0.39 is 0 Å². The Kier molecular flexibility index (Phi) is 2.21. The van der Waals surface area contributed by atoms with Gasteiger partial charge in [-0.2, -0.15) is 0 Å². The van der Waals surface area contributed by atoms with Crippen LogP contribution in [-0.2, 0) is 0 Å². The largest absolute Gasteiger partial charge is 0.211 e. The summed E-state index contributed by atoms with van der Waals surface area (Å²) in [6, 6.07) is 1.94. The van der Waals surface area contributed by atoms with Crippen LogP contribution in [0.3, 0.4) is 0 Å². The van der Waals surface area contributed by atoms with E-state index in [4.69, 9.17) is 11.6 Å². The lowest BCUT2D eigenvalue weighted by Gasteiger charge is -1.95.